The molecule has 0 aliphatic carbocycles. The van der Waals surface area contributed by atoms with Gasteiger partial charge < -0.3 is 5.32 Å². The topological polar surface area (TPSA) is 68.1 Å². The molecule has 5 nitrogen and oxygen atoms in total. The van der Waals surface area contributed by atoms with Crippen LogP contribution in [0.15, 0.2) is 16.7 Å². The summed E-state index contributed by atoms with van der Waals surface area (Å²) in [6, 6.07) is 1.74. The molecule has 7 heteroatoms. The molecule has 0 saturated heterocycles. The summed E-state index contributed by atoms with van der Waals surface area (Å²) in [7, 11) is 0. The Balaban J connectivity index is 2.69. The molecule has 0 amide bonds. The zero-order valence-corrected chi connectivity index (χ0v) is 12.0. The Morgan fingerprint density at radius 3 is 2.94 bits per heavy atom. The lowest BCUT2D eigenvalue weighted by atomic mass is 10.2. The first-order chi connectivity index (χ1) is 8.04. The van der Waals surface area contributed by atoms with Crippen LogP contribution >= 0.6 is 27.7 Å². The highest BCUT2D eigenvalue weighted by atomic mass is 79.9. The number of thioether (sulfide) groups is 1. The van der Waals surface area contributed by atoms with Crippen molar-refractivity contribution in [2.24, 2.45) is 0 Å². The van der Waals surface area contributed by atoms with Crippen LogP contribution in [-0.4, -0.2) is 28.0 Å². The standard InChI is InChI=1S/C10H14BrN3O2S/c1-7(3-4-17-2)13-10-9(11)5-8(6-12-10)14(15)16/h5-7H,3-4H2,1-2H3,(H,12,13). The van der Waals surface area contributed by atoms with E-state index in [0.717, 1.165) is 12.2 Å². The zero-order valence-electron chi connectivity index (χ0n) is 9.64. The van der Waals surface area contributed by atoms with E-state index in [1.807, 2.05) is 0 Å². The van der Waals surface area contributed by atoms with E-state index >= 15 is 0 Å². The fourth-order valence-corrected chi connectivity index (χ4v) is 2.27. The van der Waals surface area contributed by atoms with Gasteiger partial charge in [-0.1, -0.05) is 0 Å². The maximum Gasteiger partial charge on any atom is 0.288 e. The SMILES string of the molecule is CSCCC(C)Nc1ncc([N+](=O)[O-])cc1Br. The van der Waals surface area contributed by atoms with Gasteiger partial charge in [0.05, 0.1) is 9.40 Å². The van der Waals surface area contributed by atoms with Crippen LogP contribution < -0.4 is 5.32 Å². The van der Waals surface area contributed by atoms with Crippen LogP contribution in [0.2, 0.25) is 0 Å². The van der Waals surface area contributed by atoms with Gasteiger partial charge in [-0.3, -0.25) is 10.1 Å². The molecule has 0 spiro atoms. The molecule has 1 aromatic heterocycles. The highest BCUT2D eigenvalue weighted by molar-refractivity contribution is 9.10. The normalized spacial score (nSPS) is 12.2. The lowest BCUT2D eigenvalue weighted by Crippen LogP contribution is -2.17. The lowest BCUT2D eigenvalue weighted by molar-refractivity contribution is -0.385. The summed E-state index contributed by atoms with van der Waals surface area (Å²) >= 11 is 5.07. The first-order valence-electron chi connectivity index (χ1n) is 5.10. The maximum atomic E-state index is 10.5. The third-order valence-electron chi connectivity index (χ3n) is 2.18. The number of halogens is 1. The minimum atomic E-state index is -0.460. The minimum Gasteiger partial charge on any atom is -0.367 e. The molecule has 1 atom stereocenters. The molecule has 0 aliphatic rings. The van der Waals surface area contributed by atoms with Crippen molar-refractivity contribution in [1.29, 1.82) is 0 Å². The summed E-state index contributed by atoms with van der Waals surface area (Å²) in [6.07, 6.45) is 4.34. The summed E-state index contributed by atoms with van der Waals surface area (Å²) in [5, 5.41) is 13.8. The Labute approximate surface area is 113 Å². The maximum absolute atomic E-state index is 10.5. The van der Waals surface area contributed by atoms with Crippen molar-refractivity contribution in [2.45, 2.75) is 19.4 Å². The highest BCUT2D eigenvalue weighted by Crippen LogP contribution is 2.25. The largest absolute Gasteiger partial charge is 0.367 e. The van der Waals surface area contributed by atoms with E-state index in [1.165, 1.54) is 12.3 Å². The van der Waals surface area contributed by atoms with Crippen molar-refractivity contribution in [1.82, 2.24) is 4.98 Å². The van der Waals surface area contributed by atoms with Gasteiger partial charge in [0.15, 0.2) is 0 Å². The predicted octanol–water partition coefficient (Wildman–Crippen LogP) is 3.31. The van der Waals surface area contributed by atoms with E-state index in [1.54, 1.807) is 11.8 Å². The molecule has 0 radical (unpaired) electrons. The molecule has 0 saturated carbocycles. The van der Waals surface area contributed by atoms with Gasteiger partial charge in [0.2, 0.25) is 0 Å². The van der Waals surface area contributed by atoms with Crippen LogP contribution in [0.5, 0.6) is 0 Å². The summed E-state index contributed by atoms with van der Waals surface area (Å²) < 4.78 is 0.614. The molecule has 94 valence electrons. The van der Waals surface area contributed by atoms with Gasteiger partial charge in [0, 0.05) is 12.1 Å². The van der Waals surface area contributed by atoms with Crippen LogP contribution in [-0.2, 0) is 0 Å². The van der Waals surface area contributed by atoms with Gasteiger partial charge in [-0.05, 0) is 41.3 Å². The summed E-state index contributed by atoms with van der Waals surface area (Å²) in [5.74, 6) is 1.71. The van der Waals surface area contributed by atoms with E-state index < -0.39 is 4.92 Å². The number of hydrogen-bond acceptors (Lipinski definition) is 5. The first-order valence-corrected chi connectivity index (χ1v) is 7.28. The van der Waals surface area contributed by atoms with Crippen LogP contribution in [0.1, 0.15) is 13.3 Å². The van der Waals surface area contributed by atoms with E-state index in [4.69, 9.17) is 0 Å². The van der Waals surface area contributed by atoms with Crippen molar-refractivity contribution < 1.29 is 4.92 Å². The highest BCUT2D eigenvalue weighted by Gasteiger charge is 2.11. The predicted molar refractivity (Wildman–Crippen MR) is 74.7 cm³/mol. The lowest BCUT2D eigenvalue weighted by Gasteiger charge is -2.14. The van der Waals surface area contributed by atoms with Crippen molar-refractivity contribution in [2.75, 3.05) is 17.3 Å². The number of nitrogens with one attached hydrogen (secondary N) is 1. The smallest absolute Gasteiger partial charge is 0.288 e. The van der Waals surface area contributed by atoms with Crippen molar-refractivity contribution in [3.8, 4) is 0 Å². The monoisotopic (exact) mass is 319 g/mol. The van der Waals surface area contributed by atoms with Crippen molar-refractivity contribution in [3.05, 3.63) is 26.9 Å². The zero-order chi connectivity index (χ0) is 12.8. The fraction of sp³-hybridized carbons (Fsp3) is 0.500. The molecule has 17 heavy (non-hydrogen) atoms. The molecule has 1 unspecified atom stereocenters. The number of nitro groups is 1. The van der Waals surface area contributed by atoms with E-state index in [-0.39, 0.29) is 11.7 Å². The molecule has 0 aliphatic heterocycles. The molecule has 0 aromatic carbocycles. The van der Waals surface area contributed by atoms with Gasteiger partial charge in [-0.15, -0.1) is 0 Å². The van der Waals surface area contributed by atoms with Gasteiger partial charge in [-0.2, -0.15) is 11.8 Å². The third-order valence-corrected chi connectivity index (χ3v) is 3.42. The molecular weight excluding hydrogens is 306 g/mol. The second-order valence-electron chi connectivity index (χ2n) is 3.61. The third kappa shape index (κ3) is 4.51. The number of anilines is 1. The van der Waals surface area contributed by atoms with Crippen LogP contribution in [0.4, 0.5) is 11.5 Å². The molecule has 1 heterocycles. The number of nitrogens with zero attached hydrogens (tertiary/aromatic N) is 2. The fourth-order valence-electron chi connectivity index (χ4n) is 1.23. The Hall–Kier alpha value is -0.820. The average Bonchev–Trinajstić information content (AvgIpc) is 2.28. The van der Waals surface area contributed by atoms with Crippen molar-refractivity contribution in [3.63, 3.8) is 0 Å². The second-order valence-corrected chi connectivity index (χ2v) is 5.45. The second kappa shape index (κ2) is 6.80. The molecule has 0 fully saturated rings. The van der Waals surface area contributed by atoms with Gasteiger partial charge in [0.25, 0.3) is 5.69 Å². The van der Waals surface area contributed by atoms with Gasteiger partial charge in [-0.25, -0.2) is 4.98 Å². The Kier molecular flexibility index (Phi) is 5.70. The van der Waals surface area contributed by atoms with Gasteiger partial charge >= 0.3 is 0 Å². The minimum absolute atomic E-state index is 0.0146. The Morgan fingerprint density at radius 1 is 1.71 bits per heavy atom. The number of pyridine rings is 1. The Bertz CT molecular complexity index is 403. The summed E-state index contributed by atoms with van der Waals surface area (Å²) in [6.45, 7) is 2.06. The average molecular weight is 320 g/mol. The number of aromatic nitrogens is 1. The van der Waals surface area contributed by atoms with Crippen LogP contribution in [0, 0.1) is 10.1 Å². The summed E-state index contributed by atoms with van der Waals surface area (Å²) in [5.41, 5.74) is -0.0146. The summed E-state index contributed by atoms with van der Waals surface area (Å²) in [4.78, 5) is 14.1. The molecule has 0 bridgehead atoms. The molecule has 1 N–H and O–H groups in total. The Morgan fingerprint density at radius 2 is 2.41 bits per heavy atom. The van der Waals surface area contributed by atoms with Crippen LogP contribution in [0.25, 0.3) is 0 Å². The molecule has 1 rings (SSSR count). The first kappa shape index (κ1) is 14.2. The number of rotatable bonds is 6. The van der Waals surface area contributed by atoms with Gasteiger partial charge in [0.1, 0.15) is 12.0 Å². The van der Waals surface area contributed by atoms with Crippen molar-refractivity contribution >= 4 is 39.2 Å². The quantitative estimate of drug-likeness (QED) is 0.643. The van der Waals surface area contributed by atoms with E-state index in [0.29, 0.717) is 10.3 Å². The van der Waals surface area contributed by atoms with E-state index in [9.17, 15) is 10.1 Å². The molecular formula is C10H14BrN3O2S. The van der Waals surface area contributed by atoms with E-state index in [2.05, 4.69) is 39.4 Å². The van der Waals surface area contributed by atoms with Crippen LogP contribution in [0.3, 0.4) is 0 Å². The number of hydrogen-bond donors (Lipinski definition) is 1. The molecule has 1 aromatic rings.